The van der Waals surface area contributed by atoms with Crippen LogP contribution in [0.2, 0.25) is 0 Å². The van der Waals surface area contributed by atoms with Gasteiger partial charge in [0, 0.05) is 0 Å². The molecule has 1 aromatic carbocycles. The average Bonchev–Trinajstić information content (AvgIpc) is 2.26. The molecule has 5 heteroatoms. The lowest BCUT2D eigenvalue weighted by atomic mass is 10.0. The maximum Gasteiger partial charge on any atom is 0.232 e. The molecule has 4 nitrogen and oxygen atoms in total. The molecule has 0 bridgehead atoms. The topological polar surface area (TPSA) is 72.2 Å². The number of sulfonamides is 1. The first-order chi connectivity index (χ1) is 7.96. The second kappa shape index (κ2) is 6.02. The molecule has 3 N–H and O–H groups in total. The number of hydrogen-bond donors (Lipinski definition) is 2. The summed E-state index contributed by atoms with van der Waals surface area (Å²) in [6.45, 7) is 4.45. The molecular weight excluding hydrogens is 236 g/mol. The zero-order valence-electron chi connectivity index (χ0n) is 10.3. The number of hydrogen-bond acceptors (Lipinski definition) is 3. The molecule has 17 heavy (non-hydrogen) atoms. The van der Waals surface area contributed by atoms with Crippen molar-refractivity contribution >= 4 is 15.7 Å². The van der Waals surface area contributed by atoms with Crippen molar-refractivity contribution < 1.29 is 8.42 Å². The average molecular weight is 256 g/mol. The lowest BCUT2D eigenvalue weighted by Crippen LogP contribution is -2.19. The van der Waals surface area contributed by atoms with E-state index in [0.29, 0.717) is 18.7 Å². The molecular formula is C12H20N2O2S. The highest BCUT2D eigenvalue weighted by molar-refractivity contribution is 7.92. The van der Waals surface area contributed by atoms with Crippen molar-refractivity contribution in [1.29, 1.82) is 0 Å². The maximum absolute atomic E-state index is 11.8. The van der Waals surface area contributed by atoms with Gasteiger partial charge in [-0.05, 0) is 30.5 Å². The molecule has 1 rings (SSSR count). The monoisotopic (exact) mass is 256 g/mol. The molecule has 0 amide bonds. The summed E-state index contributed by atoms with van der Waals surface area (Å²) in [5.41, 5.74) is 6.98. The van der Waals surface area contributed by atoms with E-state index in [4.69, 9.17) is 5.73 Å². The van der Waals surface area contributed by atoms with Crippen LogP contribution in [-0.4, -0.2) is 20.7 Å². The third kappa shape index (κ3) is 4.36. The van der Waals surface area contributed by atoms with E-state index in [1.54, 1.807) is 6.07 Å². The van der Waals surface area contributed by atoms with Gasteiger partial charge in [0.25, 0.3) is 0 Å². The van der Waals surface area contributed by atoms with Crippen molar-refractivity contribution in [3.63, 3.8) is 0 Å². The first kappa shape index (κ1) is 14.0. The first-order valence-electron chi connectivity index (χ1n) is 5.76. The van der Waals surface area contributed by atoms with Crippen molar-refractivity contribution in [1.82, 2.24) is 0 Å². The van der Waals surface area contributed by atoms with Crippen LogP contribution < -0.4 is 10.5 Å². The quantitative estimate of drug-likeness (QED) is 0.816. The maximum atomic E-state index is 11.8. The Bertz CT molecular complexity index is 455. The lowest BCUT2D eigenvalue weighted by molar-refractivity contribution is 0.598. The fourth-order valence-electron chi connectivity index (χ4n) is 1.59. The molecule has 0 atom stereocenters. The van der Waals surface area contributed by atoms with E-state index >= 15 is 0 Å². The Kier molecular flexibility index (Phi) is 4.96. The highest BCUT2D eigenvalue weighted by atomic mass is 32.2. The molecule has 0 aliphatic heterocycles. The number of nitrogens with one attached hydrogen (secondary N) is 1. The summed E-state index contributed by atoms with van der Waals surface area (Å²) in [7, 11) is -3.28. The molecule has 96 valence electrons. The summed E-state index contributed by atoms with van der Waals surface area (Å²) in [5.74, 6) is 0.346. The minimum Gasteiger partial charge on any atom is -0.330 e. The van der Waals surface area contributed by atoms with Crippen LogP contribution in [0.4, 0.5) is 5.69 Å². The van der Waals surface area contributed by atoms with Crippen LogP contribution in [0.25, 0.3) is 0 Å². The number of rotatable bonds is 6. The highest BCUT2D eigenvalue weighted by Gasteiger charge is 2.13. The minimum absolute atomic E-state index is 0.0654. The third-order valence-corrected chi connectivity index (χ3v) is 3.82. The standard InChI is InChI=1S/C12H20N2O2S/c1-10(2)11-6-3-4-7-12(11)14-17(15,16)9-5-8-13/h3-4,6-7,10,14H,5,8-9,13H2,1-2H3. The normalized spacial score (nSPS) is 11.8. The molecule has 0 aliphatic rings. The fraction of sp³-hybridized carbons (Fsp3) is 0.500. The van der Waals surface area contributed by atoms with E-state index in [-0.39, 0.29) is 11.7 Å². The molecule has 0 spiro atoms. The highest BCUT2D eigenvalue weighted by Crippen LogP contribution is 2.24. The Morgan fingerprint density at radius 3 is 2.53 bits per heavy atom. The lowest BCUT2D eigenvalue weighted by Gasteiger charge is -2.14. The van der Waals surface area contributed by atoms with Gasteiger partial charge in [-0.15, -0.1) is 0 Å². The van der Waals surface area contributed by atoms with Crippen molar-refractivity contribution in [2.75, 3.05) is 17.0 Å². The predicted molar refractivity (Wildman–Crippen MR) is 71.6 cm³/mol. The Labute approximate surface area is 103 Å². The summed E-state index contributed by atoms with van der Waals surface area (Å²) < 4.78 is 26.2. The van der Waals surface area contributed by atoms with Gasteiger partial charge in [0.2, 0.25) is 10.0 Å². The van der Waals surface area contributed by atoms with Gasteiger partial charge >= 0.3 is 0 Å². The molecule has 1 aromatic rings. The number of para-hydroxylation sites is 1. The second-order valence-electron chi connectivity index (χ2n) is 4.31. The predicted octanol–water partition coefficient (Wildman–Crippen LogP) is 1.90. The van der Waals surface area contributed by atoms with Crippen molar-refractivity contribution in [2.24, 2.45) is 5.73 Å². The van der Waals surface area contributed by atoms with Crippen LogP contribution in [-0.2, 0) is 10.0 Å². The van der Waals surface area contributed by atoms with Crippen LogP contribution in [0.15, 0.2) is 24.3 Å². The van der Waals surface area contributed by atoms with E-state index in [1.165, 1.54) is 0 Å². The van der Waals surface area contributed by atoms with Crippen LogP contribution in [0.5, 0.6) is 0 Å². The molecule has 0 heterocycles. The number of benzene rings is 1. The van der Waals surface area contributed by atoms with Gasteiger partial charge in [-0.2, -0.15) is 0 Å². The van der Waals surface area contributed by atoms with Gasteiger partial charge in [-0.3, -0.25) is 4.72 Å². The largest absolute Gasteiger partial charge is 0.330 e. The fourth-order valence-corrected chi connectivity index (χ4v) is 2.76. The second-order valence-corrected chi connectivity index (χ2v) is 6.15. The van der Waals surface area contributed by atoms with E-state index in [1.807, 2.05) is 32.0 Å². The van der Waals surface area contributed by atoms with Crippen molar-refractivity contribution in [3.05, 3.63) is 29.8 Å². The van der Waals surface area contributed by atoms with Crippen LogP contribution in [0, 0.1) is 0 Å². The van der Waals surface area contributed by atoms with Crippen molar-refractivity contribution in [3.8, 4) is 0 Å². The summed E-state index contributed by atoms with van der Waals surface area (Å²) in [4.78, 5) is 0. The molecule has 0 aliphatic carbocycles. The summed E-state index contributed by atoms with van der Waals surface area (Å²) >= 11 is 0. The van der Waals surface area contributed by atoms with Crippen LogP contribution >= 0.6 is 0 Å². The Hall–Kier alpha value is -1.07. The molecule has 0 unspecified atom stereocenters. The first-order valence-corrected chi connectivity index (χ1v) is 7.41. The van der Waals surface area contributed by atoms with Gasteiger partial charge < -0.3 is 5.73 Å². The van der Waals surface area contributed by atoms with Gasteiger partial charge in [-0.25, -0.2) is 8.42 Å². The van der Waals surface area contributed by atoms with Gasteiger partial charge in [0.1, 0.15) is 0 Å². The van der Waals surface area contributed by atoms with Crippen LogP contribution in [0.3, 0.4) is 0 Å². The minimum atomic E-state index is -3.28. The molecule has 0 radical (unpaired) electrons. The van der Waals surface area contributed by atoms with E-state index in [9.17, 15) is 8.42 Å². The molecule has 0 saturated heterocycles. The van der Waals surface area contributed by atoms with E-state index in [2.05, 4.69) is 4.72 Å². The zero-order valence-corrected chi connectivity index (χ0v) is 11.1. The Morgan fingerprint density at radius 2 is 1.94 bits per heavy atom. The summed E-state index contributed by atoms with van der Waals surface area (Å²) in [5, 5.41) is 0. The summed E-state index contributed by atoms with van der Waals surface area (Å²) in [6.07, 6.45) is 0.471. The summed E-state index contributed by atoms with van der Waals surface area (Å²) in [6, 6.07) is 7.46. The number of nitrogens with two attached hydrogens (primary N) is 1. The smallest absolute Gasteiger partial charge is 0.232 e. The molecule has 0 saturated carbocycles. The Morgan fingerprint density at radius 1 is 1.29 bits per heavy atom. The number of anilines is 1. The van der Waals surface area contributed by atoms with Crippen LogP contribution in [0.1, 0.15) is 31.7 Å². The SMILES string of the molecule is CC(C)c1ccccc1NS(=O)(=O)CCCN. The third-order valence-electron chi connectivity index (χ3n) is 2.47. The van der Waals surface area contributed by atoms with E-state index in [0.717, 1.165) is 5.56 Å². The Balaban J connectivity index is 2.88. The molecule has 0 aromatic heterocycles. The van der Waals surface area contributed by atoms with Gasteiger partial charge in [-0.1, -0.05) is 32.0 Å². The van der Waals surface area contributed by atoms with Gasteiger partial charge in [0.15, 0.2) is 0 Å². The van der Waals surface area contributed by atoms with E-state index < -0.39 is 10.0 Å². The van der Waals surface area contributed by atoms with Crippen molar-refractivity contribution in [2.45, 2.75) is 26.2 Å². The molecule has 0 fully saturated rings. The zero-order chi connectivity index (χ0) is 12.9. The van der Waals surface area contributed by atoms with Gasteiger partial charge in [0.05, 0.1) is 11.4 Å².